The van der Waals surface area contributed by atoms with E-state index in [1.807, 2.05) is 6.08 Å². The van der Waals surface area contributed by atoms with Crippen LogP contribution in [0.5, 0.6) is 0 Å². The van der Waals surface area contributed by atoms with Gasteiger partial charge in [0.15, 0.2) is 0 Å². The molecule has 1 saturated heterocycles. The number of hydrogen-bond acceptors (Lipinski definition) is 2. The van der Waals surface area contributed by atoms with Gasteiger partial charge in [0.1, 0.15) is 0 Å². The van der Waals surface area contributed by atoms with Gasteiger partial charge in [0.2, 0.25) is 0 Å². The number of nitrogens with zero attached hydrogens (tertiary/aromatic N) is 1. The Balaban J connectivity index is 2.19. The molecular weight excluding hydrogens is 244 g/mol. The average molecular weight is 272 g/mol. The molecule has 0 spiro atoms. The molecule has 0 saturated carbocycles. The quantitative estimate of drug-likeness (QED) is 0.824. The van der Waals surface area contributed by atoms with Gasteiger partial charge in [-0.05, 0) is 24.8 Å². The summed E-state index contributed by atoms with van der Waals surface area (Å²) in [5.41, 5.74) is 1.41. The highest BCUT2D eigenvalue weighted by Crippen LogP contribution is 2.28. The summed E-state index contributed by atoms with van der Waals surface area (Å²) in [4.78, 5) is 2.65. The Hall–Kier alpha value is -1.12. The monoisotopic (exact) mass is 272 g/mol. The molecule has 1 N–H and O–H groups in total. The summed E-state index contributed by atoms with van der Waals surface area (Å²) < 4.78 is 0. The largest absolute Gasteiger partial charge is 0.311 e. The Bertz CT molecular complexity index is 413. The van der Waals surface area contributed by atoms with Gasteiger partial charge in [0, 0.05) is 31.2 Å². The van der Waals surface area contributed by atoms with Gasteiger partial charge in [-0.15, -0.1) is 6.58 Å². The first-order valence-corrected chi connectivity index (χ1v) is 7.78. The molecular formula is C18H28N2. The minimum atomic E-state index is 0.473. The first-order valence-electron chi connectivity index (χ1n) is 7.78. The number of hydrogen-bond donors (Lipinski definition) is 1. The summed E-state index contributed by atoms with van der Waals surface area (Å²) >= 11 is 0. The first kappa shape index (κ1) is 15.3. The van der Waals surface area contributed by atoms with Crippen LogP contribution in [-0.2, 0) is 0 Å². The zero-order valence-electron chi connectivity index (χ0n) is 13.0. The van der Waals surface area contributed by atoms with Crippen molar-refractivity contribution in [3.05, 3.63) is 48.6 Å². The topological polar surface area (TPSA) is 15.3 Å². The molecule has 20 heavy (non-hydrogen) atoms. The van der Waals surface area contributed by atoms with Gasteiger partial charge < -0.3 is 5.32 Å². The second-order valence-electron chi connectivity index (χ2n) is 6.26. The van der Waals surface area contributed by atoms with E-state index < -0.39 is 0 Å². The van der Waals surface area contributed by atoms with Gasteiger partial charge >= 0.3 is 0 Å². The molecule has 1 fully saturated rings. The Labute approximate surface area is 123 Å². The van der Waals surface area contributed by atoms with Crippen molar-refractivity contribution in [2.24, 2.45) is 5.92 Å². The molecule has 1 heterocycles. The molecule has 3 unspecified atom stereocenters. The summed E-state index contributed by atoms with van der Waals surface area (Å²) in [5, 5.41) is 3.73. The second kappa shape index (κ2) is 7.05. The Kier molecular flexibility index (Phi) is 5.38. The smallest absolute Gasteiger partial charge is 0.0476 e. The van der Waals surface area contributed by atoms with E-state index >= 15 is 0 Å². The zero-order chi connectivity index (χ0) is 14.5. The lowest BCUT2D eigenvalue weighted by atomic mass is 9.94. The summed E-state index contributed by atoms with van der Waals surface area (Å²) in [5.74, 6) is 0.671. The van der Waals surface area contributed by atoms with Crippen LogP contribution in [0.1, 0.15) is 38.8 Å². The van der Waals surface area contributed by atoms with Gasteiger partial charge in [-0.2, -0.15) is 0 Å². The lowest BCUT2D eigenvalue weighted by molar-refractivity contribution is 0.0768. The highest BCUT2D eigenvalue weighted by Gasteiger charge is 2.32. The SMILES string of the molecule is C=CCC(C)N1CC(C(C)C)NCC1c1ccccc1. The molecule has 1 aromatic carbocycles. The van der Waals surface area contributed by atoms with Gasteiger partial charge in [-0.1, -0.05) is 50.3 Å². The summed E-state index contributed by atoms with van der Waals surface area (Å²) in [6.07, 6.45) is 3.09. The summed E-state index contributed by atoms with van der Waals surface area (Å²) in [6, 6.07) is 12.5. The maximum atomic E-state index is 3.91. The van der Waals surface area contributed by atoms with Gasteiger partial charge in [0.25, 0.3) is 0 Å². The molecule has 0 aromatic heterocycles. The molecule has 0 radical (unpaired) electrons. The Morgan fingerprint density at radius 2 is 2.00 bits per heavy atom. The maximum Gasteiger partial charge on any atom is 0.0476 e. The maximum absolute atomic E-state index is 3.91. The second-order valence-corrected chi connectivity index (χ2v) is 6.26. The van der Waals surface area contributed by atoms with Crippen molar-refractivity contribution in [3.8, 4) is 0 Å². The van der Waals surface area contributed by atoms with E-state index in [-0.39, 0.29) is 0 Å². The van der Waals surface area contributed by atoms with Crippen molar-refractivity contribution in [3.63, 3.8) is 0 Å². The van der Waals surface area contributed by atoms with Crippen LogP contribution in [0.15, 0.2) is 43.0 Å². The highest BCUT2D eigenvalue weighted by atomic mass is 15.3. The fourth-order valence-electron chi connectivity index (χ4n) is 3.09. The van der Waals surface area contributed by atoms with Crippen molar-refractivity contribution in [1.82, 2.24) is 10.2 Å². The van der Waals surface area contributed by atoms with E-state index in [0.29, 0.717) is 24.0 Å². The first-order chi connectivity index (χ1) is 9.63. The predicted octanol–water partition coefficient (Wildman–Crippen LogP) is 3.62. The fourth-order valence-corrected chi connectivity index (χ4v) is 3.09. The third-order valence-corrected chi connectivity index (χ3v) is 4.44. The average Bonchev–Trinajstić information content (AvgIpc) is 2.47. The van der Waals surface area contributed by atoms with Crippen molar-refractivity contribution in [1.29, 1.82) is 0 Å². The summed E-state index contributed by atoms with van der Waals surface area (Å²) in [7, 11) is 0. The molecule has 0 aliphatic carbocycles. The number of benzene rings is 1. The third kappa shape index (κ3) is 3.50. The van der Waals surface area contributed by atoms with Crippen LogP contribution in [0.2, 0.25) is 0 Å². The standard InChI is InChI=1S/C18H28N2/c1-5-9-15(4)20-13-17(14(2)3)19-12-18(20)16-10-7-6-8-11-16/h5-8,10-11,14-15,17-19H,1,9,12-13H2,2-4H3. The van der Waals surface area contributed by atoms with Crippen LogP contribution >= 0.6 is 0 Å². The van der Waals surface area contributed by atoms with Crippen molar-refractivity contribution in [2.45, 2.75) is 45.3 Å². The Morgan fingerprint density at radius 3 is 2.60 bits per heavy atom. The Morgan fingerprint density at radius 1 is 1.30 bits per heavy atom. The van der Waals surface area contributed by atoms with Crippen LogP contribution in [0.25, 0.3) is 0 Å². The molecule has 2 rings (SSSR count). The number of rotatable bonds is 5. The predicted molar refractivity (Wildman–Crippen MR) is 86.8 cm³/mol. The van der Waals surface area contributed by atoms with Crippen LogP contribution in [0.4, 0.5) is 0 Å². The highest BCUT2D eigenvalue weighted by molar-refractivity contribution is 5.20. The van der Waals surface area contributed by atoms with Crippen LogP contribution in [0.3, 0.4) is 0 Å². The minimum absolute atomic E-state index is 0.473. The zero-order valence-corrected chi connectivity index (χ0v) is 13.0. The minimum Gasteiger partial charge on any atom is -0.311 e. The molecule has 2 nitrogen and oxygen atoms in total. The molecule has 110 valence electrons. The molecule has 1 aromatic rings. The molecule has 1 aliphatic heterocycles. The summed E-state index contributed by atoms with van der Waals surface area (Å²) in [6.45, 7) is 13.0. The van der Waals surface area contributed by atoms with E-state index in [9.17, 15) is 0 Å². The van der Waals surface area contributed by atoms with Gasteiger partial charge in [0.05, 0.1) is 0 Å². The van der Waals surface area contributed by atoms with Crippen molar-refractivity contribution < 1.29 is 0 Å². The van der Waals surface area contributed by atoms with Gasteiger partial charge in [-0.3, -0.25) is 4.90 Å². The van der Waals surface area contributed by atoms with E-state index in [1.165, 1.54) is 5.56 Å². The lowest BCUT2D eigenvalue weighted by Crippen LogP contribution is -2.56. The third-order valence-electron chi connectivity index (χ3n) is 4.44. The van der Waals surface area contributed by atoms with Crippen LogP contribution < -0.4 is 5.32 Å². The molecule has 0 bridgehead atoms. The van der Waals surface area contributed by atoms with E-state index in [0.717, 1.165) is 19.5 Å². The lowest BCUT2D eigenvalue weighted by Gasteiger charge is -2.45. The number of nitrogens with one attached hydrogen (secondary N) is 1. The molecule has 2 heteroatoms. The molecule has 1 aliphatic rings. The molecule has 0 amide bonds. The normalized spacial score (nSPS) is 25.6. The van der Waals surface area contributed by atoms with E-state index in [2.05, 4.69) is 67.9 Å². The fraction of sp³-hybridized carbons (Fsp3) is 0.556. The van der Waals surface area contributed by atoms with Crippen LogP contribution in [-0.4, -0.2) is 30.1 Å². The van der Waals surface area contributed by atoms with Crippen molar-refractivity contribution in [2.75, 3.05) is 13.1 Å². The molecule has 3 atom stereocenters. The van der Waals surface area contributed by atoms with E-state index in [4.69, 9.17) is 0 Å². The van der Waals surface area contributed by atoms with Crippen molar-refractivity contribution >= 4 is 0 Å². The van der Waals surface area contributed by atoms with E-state index in [1.54, 1.807) is 0 Å². The van der Waals surface area contributed by atoms with Crippen LogP contribution in [0, 0.1) is 5.92 Å². The number of piperazine rings is 1. The van der Waals surface area contributed by atoms with Gasteiger partial charge in [-0.25, -0.2) is 0 Å².